The highest BCUT2D eigenvalue weighted by molar-refractivity contribution is 5.70. The highest BCUT2D eigenvalue weighted by Crippen LogP contribution is 2.13. The van der Waals surface area contributed by atoms with Gasteiger partial charge in [-0.1, -0.05) is 133 Å². The number of allylic oxidation sites excluding steroid dienone is 8. The van der Waals surface area contributed by atoms with Crippen molar-refractivity contribution >= 4 is 11.9 Å². The number of unbranched alkanes of at least 4 members (excludes halogenated alkanes) is 14. The lowest BCUT2D eigenvalue weighted by Crippen LogP contribution is -2.28. The van der Waals surface area contributed by atoms with Gasteiger partial charge in [0.25, 0.3) is 0 Å². The van der Waals surface area contributed by atoms with Crippen LogP contribution in [-0.2, 0) is 19.1 Å². The van der Waals surface area contributed by atoms with Crippen LogP contribution in [0.5, 0.6) is 0 Å². The van der Waals surface area contributed by atoms with Crippen LogP contribution >= 0.6 is 0 Å². The van der Waals surface area contributed by atoms with E-state index in [1.54, 1.807) is 0 Å². The van der Waals surface area contributed by atoms with Crippen LogP contribution < -0.4 is 0 Å². The molecule has 2 N–H and O–H groups in total. The lowest BCUT2D eigenvalue weighted by Gasteiger charge is -2.15. The molecule has 45 heavy (non-hydrogen) atoms. The quantitative estimate of drug-likeness (QED) is 0.0435. The average molecular weight is 633 g/mol. The molecule has 0 rings (SSSR count). The minimum Gasteiger partial charge on any atom is -0.462 e. The van der Waals surface area contributed by atoms with Crippen LogP contribution in [0.1, 0.15) is 162 Å². The Morgan fingerprint density at radius 3 is 1.53 bits per heavy atom. The van der Waals surface area contributed by atoms with Gasteiger partial charge in [-0.05, 0) is 64.7 Å². The fraction of sp³-hybridized carbons (Fsp3) is 0.744. The largest absolute Gasteiger partial charge is 0.462 e. The summed E-state index contributed by atoms with van der Waals surface area (Å²) in [5.74, 6) is -0.674. The van der Waals surface area contributed by atoms with Crippen LogP contribution in [0, 0.1) is 0 Å². The molecule has 0 fully saturated rings. The van der Waals surface area contributed by atoms with Crippen LogP contribution in [0.25, 0.3) is 0 Å². The van der Waals surface area contributed by atoms with Crippen molar-refractivity contribution in [3.8, 4) is 0 Å². The fourth-order valence-corrected chi connectivity index (χ4v) is 4.86. The second-order valence-electron chi connectivity index (χ2n) is 12.2. The summed E-state index contributed by atoms with van der Waals surface area (Å²) in [6.07, 6.45) is 40.1. The number of rotatable bonds is 32. The predicted octanol–water partition coefficient (Wildman–Crippen LogP) is 10.0. The first-order chi connectivity index (χ1) is 22.0. The molecule has 0 spiro atoms. The van der Waals surface area contributed by atoms with E-state index < -0.39 is 6.10 Å². The molecule has 0 heterocycles. The number of aliphatic hydroxyl groups excluding tert-OH is 2. The molecular weight excluding hydrogens is 564 g/mol. The monoisotopic (exact) mass is 633 g/mol. The lowest BCUT2D eigenvalue weighted by molar-refractivity contribution is -0.161. The van der Waals surface area contributed by atoms with Gasteiger partial charge in [-0.2, -0.15) is 0 Å². The van der Waals surface area contributed by atoms with E-state index in [-0.39, 0.29) is 37.7 Å². The van der Waals surface area contributed by atoms with Crippen LogP contribution in [0.3, 0.4) is 0 Å². The number of carbonyl (C=O) groups excluding carboxylic acids is 2. The van der Waals surface area contributed by atoms with Gasteiger partial charge in [0.05, 0.1) is 12.7 Å². The van der Waals surface area contributed by atoms with Crippen molar-refractivity contribution in [2.45, 2.75) is 174 Å². The maximum Gasteiger partial charge on any atom is 0.306 e. The van der Waals surface area contributed by atoms with Crippen molar-refractivity contribution in [2.75, 3.05) is 13.2 Å². The van der Waals surface area contributed by atoms with Gasteiger partial charge in [0.2, 0.25) is 0 Å². The molecule has 0 saturated heterocycles. The molecule has 0 aromatic heterocycles. The number of hydrogen-bond acceptors (Lipinski definition) is 6. The summed E-state index contributed by atoms with van der Waals surface area (Å²) < 4.78 is 10.5. The van der Waals surface area contributed by atoms with E-state index in [0.29, 0.717) is 12.8 Å². The van der Waals surface area contributed by atoms with E-state index in [1.807, 2.05) is 6.92 Å². The van der Waals surface area contributed by atoms with E-state index >= 15 is 0 Å². The van der Waals surface area contributed by atoms with Crippen LogP contribution in [0.2, 0.25) is 0 Å². The molecule has 0 amide bonds. The van der Waals surface area contributed by atoms with Gasteiger partial charge >= 0.3 is 11.9 Å². The van der Waals surface area contributed by atoms with Crippen molar-refractivity contribution in [2.24, 2.45) is 0 Å². The van der Waals surface area contributed by atoms with Gasteiger partial charge < -0.3 is 19.7 Å². The number of carbonyl (C=O) groups is 2. The van der Waals surface area contributed by atoms with Crippen LogP contribution in [0.4, 0.5) is 0 Å². The third-order valence-corrected chi connectivity index (χ3v) is 7.64. The minimum atomic E-state index is -0.806. The molecule has 6 nitrogen and oxygen atoms in total. The molecule has 0 aliphatic rings. The standard InChI is InChI=1S/C39H68O6/c1-3-4-5-6-7-8-9-13-17-20-23-26-29-32-38(42)44-35-37(34-40)45-39(43)33-30-27-24-21-18-15-12-10-11-14-16-19-22-25-28-31-36(2)41/h11-12,14-15,19,21-22,24,36-37,40-41H,3-10,13,16-18,20,23,25-35H2,1-2H3/b14-11-,15-12-,22-19-,24-21-/t36-,37-/m0/s1. The van der Waals surface area contributed by atoms with Gasteiger partial charge in [-0.25, -0.2) is 0 Å². The molecule has 0 aromatic carbocycles. The molecule has 0 radical (unpaired) electrons. The summed E-state index contributed by atoms with van der Waals surface area (Å²) in [6, 6.07) is 0. The Hall–Kier alpha value is -2.18. The minimum absolute atomic E-state index is 0.0948. The smallest absolute Gasteiger partial charge is 0.306 e. The highest BCUT2D eigenvalue weighted by Gasteiger charge is 2.15. The number of ether oxygens (including phenoxy) is 2. The fourth-order valence-electron chi connectivity index (χ4n) is 4.86. The normalized spacial score (nSPS) is 13.4. The zero-order valence-corrected chi connectivity index (χ0v) is 29.0. The first kappa shape index (κ1) is 42.8. The maximum atomic E-state index is 12.1. The summed E-state index contributed by atoms with van der Waals surface area (Å²) in [5, 5.41) is 18.7. The molecule has 0 aromatic rings. The molecule has 260 valence electrons. The second-order valence-corrected chi connectivity index (χ2v) is 12.2. The van der Waals surface area contributed by atoms with E-state index in [2.05, 4.69) is 55.5 Å². The molecule has 0 bridgehead atoms. The summed E-state index contributed by atoms with van der Waals surface area (Å²) in [6.45, 7) is 3.63. The zero-order chi connectivity index (χ0) is 33.1. The lowest BCUT2D eigenvalue weighted by atomic mass is 10.0. The molecule has 2 atom stereocenters. The topological polar surface area (TPSA) is 93.1 Å². The predicted molar refractivity (Wildman–Crippen MR) is 188 cm³/mol. The van der Waals surface area contributed by atoms with Crippen molar-refractivity contribution in [1.29, 1.82) is 0 Å². The Morgan fingerprint density at radius 1 is 0.600 bits per heavy atom. The third kappa shape index (κ3) is 34.5. The van der Waals surface area contributed by atoms with Gasteiger partial charge in [-0.3, -0.25) is 9.59 Å². The highest BCUT2D eigenvalue weighted by atomic mass is 16.6. The van der Waals surface area contributed by atoms with Crippen LogP contribution in [-0.4, -0.2) is 47.6 Å². The van der Waals surface area contributed by atoms with Gasteiger partial charge in [0, 0.05) is 12.8 Å². The third-order valence-electron chi connectivity index (χ3n) is 7.64. The number of esters is 2. The van der Waals surface area contributed by atoms with E-state index in [0.717, 1.165) is 64.2 Å². The van der Waals surface area contributed by atoms with Crippen molar-refractivity contribution in [1.82, 2.24) is 0 Å². The summed E-state index contributed by atoms with van der Waals surface area (Å²) in [5.41, 5.74) is 0. The second kappa shape index (κ2) is 34.7. The van der Waals surface area contributed by atoms with E-state index in [1.165, 1.54) is 64.2 Å². The summed E-state index contributed by atoms with van der Waals surface area (Å²) >= 11 is 0. The zero-order valence-electron chi connectivity index (χ0n) is 29.0. The van der Waals surface area contributed by atoms with Gasteiger partial charge in [0.15, 0.2) is 6.10 Å². The average Bonchev–Trinajstić information content (AvgIpc) is 3.02. The Labute approximate surface area is 276 Å². The molecule has 6 heteroatoms. The first-order valence-corrected chi connectivity index (χ1v) is 18.2. The first-order valence-electron chi connectivity index (χ1n) is 18.2. The molecular formula is C39H68O6. The Balaban J connectivity index is 3.69. The number of hydrogen-bond donors (Lipinski definition) is 2. The van der Waals surface area contributed by atoms with Crippen molar-refractivity contribution in [3.05, 3.63) is 48.6 Å². The van der Waals surface area contributed by atoms with Crippen molar-refractivity contribution < 1.29 is 29.3 Å². The molecule has 0 saturated carbocycles. The molecule has 0 aliphatic heterocycles. The Morgan fingerprint density at radius 2 is 1.04 bits per heavy atom. The van der Waals surface area contributed by atoms with E-state index in [9.17, 15) is 19.8 Å². The molecule has 0 aliphatic carbocycles. The Kier molecular flexibility index (Phi) is 33.0. The molecule has 0 unspecified atom stereocenters. The van der Waals surface area contributed by atoms with E-state index in [4.69, 9.17) is 9.47 Å². The van der Waals surface area contributed by atoms with Gasteiger partial charge in [0.1, 0.15) is 6.61 Å². The summed E-state index contributed by atoms with van der Waals surface area (Å²) in [4.78, 5) is 24.1. The SMILES string of the molecule is CCCCCCCCCCCCCCCC(=O)OC[C@H](CO)OC(=O)CCC/C=C\C/C=C\C/C=C\C/C=C\CCC[C@H](C)O. The van der Waals surface area contributed by atoms with Gasteiger partial charge in [-0.15, -0.1) is 0 Å². The Bertz CT molecular complexity index is 782. The maximum absolute atomic E-state index is 12.1. The summed E-state index contributed by atoms with van der Waals surface area (Å²) in [7, 11) is 0. The van der Waals surface area contributed by atoms with Crippen LogP contribution in [0.15, 0.2) is 48.6 Å². The van der Waals surface area contributed by atoms with Crippen molar-refractivity contribution in [3.63, 3.8) is 0 Å². The number of aliphatic hydroxyl groups is 2.